The second-order valence-corrected chi connectivity index (χ2v) is 4.27. The zero-order valence-electron chi connectivity index (χ0n) is 12.8. The number of esters is 4. The van der Waals surface area contributed by atoms with Crippen LogP contribution in [-0.2, 0) is 38.1 Å². The maximum atomic E-state index is 11.3. The van der Waals surface area contributed by atoms with Gasteiger partial charge in [0.25, 0.3) is 0 Å². The van der Waals surface area contributed by atoms with Gasteiger partial charge in [0.2, 0.25) is 6.10 Å². The average Bonchev–Trinajstić information content (AvgIpc) is 2.24. The molecule has 0 saturated carbocycles. The van der Waals surface area contributed by atoms with Crippen LogP contribution in [0.1, 0.15) is 47.5 Å². The number of hydrogen-bond acceptors (Lipinski definition) is 8. The standard InChI is InChI=1S/C13H20O8/c1-6-7-12(18-8(2)14)13(19-9(3)15,20-10(4)16)21-11(5)17/h12H,6-7H2,1-5H3. The molecule has 8 heteroatoms. The Hall–Kier alpha value is -2.12. The van der Waals surface area contributed by atoms with E-state index in [1.54, 1.807) is 6.92 Å². The van der Waals surface area contributed by atoms with Gasteiger partial charge >= 0.3 is 29.9 Å². The lowest BCUT2D eigenvalue weighted by Crippen LogP contribution is -2.54. The van der Waals surface area contributed by atoms with E-state index in [0.29, 0.717) is 6.42 Å². The predicted molar refractivity (Wildman–Crippen MR) is 68.5 cm³/mol. The van der Waals surface area contributed by atoms with Crippen molar-refractivity contribution in [3.8, 4) is 0 Å². The van der Waals surface area contributed by atoms with E-state index in [1.807, 2.05) is 0 Å². The van der Waals surface area contributed by atoms with Crippen LogP contribution in [0.25, 0.3) is 0 Å². The van der Waals surface area contributed by atoms with Crippen molar-refractivity contribution >= 4 is 23.9 Å². The minimum Gasteiger partial charge on any atom is -0.450 e. The van der Waals surface area contributed by atoms with Gasteiger partial charge in [0, 0.05) is 27.7 Å². The first-order valence-corrected chi connectivity index (χ1v) is 6.39. The minimum atomic E-state index is -2.43. The van der Waals surface area contributed by atoms with Gasteiger partial charge in [0.1, 0.15) is 0 Å². The van der Waals surface area contributed by atoms with Crippen molar-refractivity contribution in [2.75, 3.05) is 0 Å². The number of carbonyl (C=O) groups is 4. The molecule has 0 aliphatic rings. The molecule has 0 fully saturated rings. The molecule has 0 bridgehead atoms. The number of rotatable bonds is 7. The van der Waals surface area contributed by atoms with Crippen LogP contribution in [0, 0.1) is 0 Å². The van der Waals surface area contributed by atoms with Crippen LogP contribution in [0.2, 0.25) is 0 Å². The lowest BCUT2D eigenvalue weighted by atomic mass is 10.1. The summed E-state index contributed by atoms with van der Waals surface area (Å²) in [5.74, 6) is -5.74. The maximum absolute atomic E-state index is 11.3. The van der Waals surface area contributed by atoms with Crippen molar-refractivity contribution in [2.24, 2.45) is 0 Å². The zero-order valence-corrected chi connectivity index (χ0v) is 12.8. The normalized spacial score (nSPS) is 12.0. The Morgan fingerprint density at radius 2 is 1.19 bits per heavy atom. The summed E-state index contributed by atoms with van der Waals surface area (Å²) in [6.07, 6.45) is -0.631. The molecule has 0 N–H and O–H groups in total. The van der Waals surface area contributed by atoms with E-state index in [0.717, 1.165) is 27.7 Å². The van der Waals surface area contributed by atoms with Gasteiger partial charge in [-0.15, -0.1) is 0 Å². The highest BCUT2D eigenvalue weighted by atomic mass is 16.9. The van der Waals surface area contributed by atoms with Gasteiger partial charge in [0.05, 0.1) is 0 Å². The Bertz CT molecular complexity index is 374. The summed E-state index contributed by atoms with van der Waals surface area (Å²) >= 11 is 0. The first-order chi connectivity index (χ1) is 9.62. The molecule has 8 nitrogen and oxygen atoms in total. The van der Waals surface area contributed by atoms with Crippen molar-refractivity contribution in [1.29, 1.82) is 0 Å². The van der Waals surface area contributed by atoms with E-state index in [2.05, 4.69) is 0 Å². The molecule has 0 amide bonds. The van der Waals surface area contributed by atoms with E-state index in [9.17, 15) is 19.2 Å². The fourth-order valence-corrected chi connectivity index (χ4v) is 1.63. The summed E-state index contributed by atoms with van der Waals surface area (Å²) in [6.45, 7) is 6.01. The molecule has 21 heavy (non-hydrogen) atoms. The van der Waals surface area contributed by atoms with Gasteiger partial charge in [-0.1, -0.05) is 13.3 Å². The van der Waals surface area contributed by atoms with Crippen LogP contribution in [0.15, 0.2) is 0 Å². The maximum Gasteiger partial charge on any atom is 0.463 e. The third kappa shape index (κ3) is 6.73. The molecule has 0 aromatic heterocycles. The Balaban J connectivity index is 5.71. The summed E-state index contributed by atoms with van der Waals surface area (Å²) in [6, 6.07) is 0. The van der Waals surface area contributed by atoms with Gasteiger partial charge < -0.3 is 18.9 Å². The fraction of sp³-hybridized carbons (Fsp3) is 0.692. The molecule has 0 aromatic rings. The predicted octanol–water partition coefficient (Wildman–Crippen LogP) is 1.06. The average molecular weight is 304 g/mol. The number of hydrogen-bond donors (Lipinski definition) is 0. The van der Waals surface area contributed by atoms with Crippen molar-refractivity contribution < 1.29 is 38.1 Å². The van der Waals surface area contributed by atoms with E-state index < -0.39 is 36.0 Å². The summed E-state index contributed by atoms with van der Waals surface area (Å²) in [4.78, 5) is 45.0. The van der Waals surface area contributed by atoms with Gasteiger partial charge in [-0.05, 0) is 6.42 Å². The first kappa shape index (κ1) is 18.9. The Labute approximate surface area is 122 Å². The van der Waals surface area contributed by atoms with Crippen LogP contribution in [0.4, 0.5) is 0 Å². The fourth-order valence-electron chi connectivity index (χ4n) is 1.63. The van der Waals surface area contributed by atoms with Crippen LogP contribution in [-0.4, -0.2) is 36.0 Å². The van der Waals surface area contributed by atoms with Gasteiger partial charge in [-0.2, -0.15) is 0 Å². The van der Waals surface area contributed by atoms with Crippen LogP contribution in [0.3, 0.4) is 0 Å². The largest absolute Gasteiger partial charge is 0.463 e. The van der Waals surface area contributed by atoms with Gasteiger partial charge in [-0.3, -0.25) is 19.2 Å². The van der Waals surface area contributed by atoms with E-state index in [-0.39, 0.29) is 6.42 Å². The highest BCUT2D eigenvalue weighted by molar-refractivity contribution is 5.71. The first-order valence-electron chi connectivity index (χ1n) is 6.39. The molecule has 0 aliphatic carbocycles. The molecule has 0 heterocycles. The van der Waals surface area contributed by atoms with Crippen molar-refractivity contribution in [3.63, 3.8) is 0 Å². The highest BCUT2D eigenvalue weighted by Crippen LogP contribution is 2.27. The summed E-state index contributed by atoms with van der Waals surface area (Å²) in [5.41, 5.74) is 0. The van der Waals surface area contributed by atoms with Gasteiger partial charge in [0.15, 0.2) is 0 Å². The van der Waals surface area contributed by atoms with Crippen LogP contribution < -0.4 is 0 Å². The smallest absolute Gasteiger partial charge is 0.450 e. The molecule has 0 aliphatic heterocycles. The van der Waals surface area contributed by atoms with Crippen LogP contribution >= 0.6 is 0 Å². The topological polar surface area (TPSA) is 105 Å². The Morgan fingerprint density at radius 3 is 1.43 bits per heavy atom. The second-order valence-electron chi connectivity index (χ2n) is 4.27. The van der Waals surface area contributed by atoms with E-state index in [4.69, 9.17) is 18.9 Å². The third-order valence-corrected chi connectivity index (χ3v) is 2.11. The molecule has 1 unspecified atom stereocenters. The zero-order chi connectivity index (χ0) is 16.6. The highest BCUT2D eigenvalue weighted by Gasteiger charge is 2.52. The molecular formula is C13H20O8. The minimum absolute atomic E-state index is 0.146. The number of ether oxygens (including phenoxy) is 4. The molecule has 120 valence electrons. The van der Waals surface area contributed by atoms with E-state index in [1.165, 1.54) is 0 Å². The Morgan fingerprint density at radius 1 is 0.810 bits per heavy atom. The van der Waals surface area contributed by atoms with Crippen molar-refractivity contribution in [1.82, 2.24) is 0 Å². The van der Waals surface area contributed by atoms with Crippen molar-refractivity contribution in [2.45, 2.75) is 59.5 Å². The molecule has 0 saturated heterocycles. The lowest BCUT2D eigenvalue weighted by Gasteiger charge is -2.35. The van der Waals surface area contributed by atoms with Crippen LogP contribution in [0.5, 0.6) is 0 Å². The Kier molecular flexibility index (Phi) is 7.40. The molecule has 0 aromatic carbocycles. The quantitative estimate of drug-likeness (QED) is 0.508. The third-order valence-electron chi connectivity index (χ3n) is 2.11. The van der Waals surface area contributed by atoms with E-state index >= 15 is 0 Å². The molecule has 0 rings (SSSR count). The summed E-state index contributed by atoms with van der Waals surface area (Å²) in [7, 11) is 0. The molecule has 0 spiro atoms. The number of carbonyl (C=O) groups excluding carboxylic acids is 4. The second kappa shape index (κ2) is 8.23. The molecular weight excluding hydrogens is 284 g/mol. The SMILES string of the molecule is CCCC(OC(C)=O)C(OC(C)=O)(OC(C)=O)OC(C)=O. The van der Waals surface area contributed by atoms with Gasteiger partial charge in [-0.25, -0.2) is 0 Å². The molecule has 1 atom stereocenters. The monoisotopic (exact) mass is 304 g/mol. The van der Waals surface area contributed by atoms with Crippen molar-refractivity contribution in [3.05, 3.63) is 0 Å². The molecule has 0 radical (unpaired) electrons. The lowest BCUT2D eigenvalue weighted by molar-refractivity contribution is -0.362. The summed E-state index contributed by atoms with van der Waals surface area (Å²) < 4.78 is 19.6. The summed E-state index contributed by atoms with van der Waals surface area (Å²) in [5, 5.41) is 0.